The molecule has 2 aromatic rings. The number of hydrogen-bond acceptors (Lipinski definition) is 8. The number of aromatic hydroxyl groups is 1. The summed E-state index contributed by atoms with van der Waals surface area (Å²) in [7, 11) is -4.01. The number of para-hydroxylation sites is 1. The molecule has 11 nitrogen and oxygen atoms in total. The fourth-order valence-electron chi connectivity index (χ4n) is 3.55. The van der Waals surface area contributed by atoms with Crippen LogP contribution >= 0.6 is 0 Å². The van der Waals surface area contributed by atoms with Crippen molar-refractivity contribution in [2.24, 2.45) is 9.39 Å². The number of nitrogens with one attached hydrogen (secondary N) is 2. The Morgan fingerprint density at radius 3 is 2.73 bits per heavy atom. The van der Waals surface area contributed by atoms with Crippen molar-refractivity contribution in [2.45, 2.75) is 26.3 Å². The van der Waals surface area contributed by atoms with Gasteiger partial charge in [-0.1, -0.05) is 13.0 Å². The molecule has 1 fully saturated rings. The third-order valence-corrected chi connectivity index (χ3v) is 6.11. The molecular weight excluding hydrogens is 450 g/mol. The zero-order valence-corrected chi connectivity index (χ0v) is 19.1. The van der Waals surface area contributed by atoms with Crippen LogP contribution in [0.1, 0.15) is 41.3 Å². The van der Waals surface area contributed by atoms with Crippen LogP contribution in [0.4, 0.5) is 5.69 Å². The highest BCUT2D eigenvalue weighted by molar-refractivity contribution is 7.89. The van der Waals surface area contributed by atoms with Gasteiger partial charge in [-0.3, -0.25) is 9.79 Å². The lowest BCUT2D eigenvalue weighted by atomic mass is 10.1. The van der Waals surface area contributed by atoms with Crippen LogP contribution in [0, 0.1) is 6.92 Å². The Labute approximate surface area is 191 Å². The van der Waals surface area contributed by atoms with Crippen molar-refractivity contribution < 1.29 is 27.5 Å². The third-order valence-electron chi connectivity index (χ3n) is 5.24. The van der Waals surface area contributed by atoms with Crippen LogP contribution in [-0.4, -0.2) is 62.3 Å². The zero-order valence-electron chi connectivity index (χ0n) is 18.2. The maximum absolute atomic E-state index is 12.8. The van der Waals surface area contributed by atoms with Gasteiger partial charge in [0.2, 0.25) is 0 Å². The fourth-order valence-corrected chi connectivity index (χ4v) is 4.36. The highest BCUT2D eigenvalue weighted by Crippen LogP contribution is 2.30. The average molecular weight is 476 g/mol. The summed E-state index contributed by atoms with van der Waals surface area (Å²) in [5, 5.41) is 13.6. The number of carbonyl (C=O) groups is 1. The lowest BCUT2D eigenvalue weighted by Crippen LogP contribution is -2.40. The third kappa shape index (κ3) is 5.01. The number of morpholine rings is 1. The van der Waals surface area contributed by atoms with E-state index in [2.05, 4.69) is 19.4 Å². The van der Waals surface area contributed by atoms with Gasteiger partial charge in [0.15, 0.2) is 17.4 Å². The van der Waals surface area contributed by atoms with Crippen LogP contribution in [0.5, 0.6) is 5.75 Å². The molecule has 1 aromatic carbocycles. The van der Waals surface area contributed by atoms with Crippen molar-refractivity contribution in [2.75, 3.05) is 31.6 Å². The highest BCUT2D eigenvalue weighted by atomic mass is 32.2. The first-order valence-corrected chi connectivity index (χ1v) is 11.9. The second-order valence-corrected chi connectivity index (χ2v) is 8.94. The molecule has 0 bridgehead atoms. The van der Waals surface area contributed by atoms with E-state index in [1.54, 1.807) is 23.1 Å². The minimum atomic E-state index is -4.01. The molecule has 2 aliphatic rings. The summed E-state index contributed by atoms with van der Waals surface area (Å²) in [4.78, 5) is 18.9. The van der Waals surface area contributed by atoms with Crippen LogP contribution in [0.2, 0.25) is 0 Å². The van der Waals surface area contributed by atoms with Gasteiger partial charge in [0, 0.05) is 13.1 Å². The van der Waals surface area contributed by atoms with Crippen molar-refractivity contribution in [1.82, 2.24) is 9.62 Å². The molecule has 1 saturated heterocycles. The lowest BCUT2D eigenvalue weighted by molar-refractivity contribution is 0.0301. The van der Waals surface area contributed by atoms with Crippen molar-refractivity contribution in [3.63, 3.8) is 0 Å². The van der Waals surface area contributed by atoms with Gasteiger partial charge in [-0.25, -0.2) is 4.72 Å². The van der Waals surface area contributed by atoms with E-state index in [4.69, 9.17) is 9.15 Å². The Morgan fingerprint density at radius 2 is 2.06 bits per heavy atom. The minimum Gasteiger partial charge on any atom is -0.505 e. The molecule has 176 valence electrons. The number of carbonyl (C=O) groups excluding carboxylic acids is 1. The largest absolute Gasteiger partial charge is 0.505 e. The maximum atomic E-state index is 12.8. The van der Waals surface area contributed by atoms with Crippen molar-refractivity contribution in [3.05, 3.63) is 47.4 Å². The number of phenols is 1. The number of ether oxygens (including phenoxy) is 1. The number of furan rings is 1. The summed E-state index contributed by atoms with van der Waals surface area (Å²) in [6.07, 6.45) is 0.556. The standard InChI is InChI=1S/C21H25N5O6S/c1-3-15(17-8-7-13(2)32-17)22-19-20(25-33(29,30)24-19)23-16-6-4-5-14(18(16)27)21(28)26-9-11-31-12-10-26/h4-8,15,27H,3,9-12H2,1-2H3,(H,22,24)(H,23,25). The molecule has 1 amide bonds. The lowest BCUT2D eigenvalue weighted by Gasteiger charge is -2.27. The Hall–Kier alpha value is -3.38. The number of amides is 1. The number of hydrogen-bond donors (Lipinski definition) is 3. The SMILES string of the molecule is CCC(N=C1NS(=O)(=O)N=C1Nc1cccc(C(=O)N2CCOCC2)c1O)c1ccc(C)o1. The molecule has 3 N–H and O–H groups in total. The number of aryl methyl sites for hydroxylation is 1. The predicted molar refractivity (Wildman–Crippen MR) is 122 cm³/mol. The van der Waals surface area contributed by atoms with Gasteiger partial charge in [-0.15, -0.1) is 4.40 Å². The molecular formula is C21H25N5O6S. The second-order valence-electron chi connectivity index (χ2n) is 7.60. The molecule has 1 unspecified atom stereocenters. The number of anilines is 1. The van der Waals surface area contributed by atoms with E-state index in [1.165, 1.54) is 12.1 Å². The van der Waals surface area contributed by atoms with E-state index < -0.39 is 16.3 Å². The molecule has 3 heterocycles. The molecule has 0 saturated carbocycles. The van der Waals surface area contributed by atoms with E-state index in [9.17, 15) is 18.3 Å². The summed E-state index contributed by atoms with van der Waals surface area (Å²) in [6.45, 7) is 5.41. The summed E-state index contributed by atoms with van der Waals surface area (Å²) in [5.74, 6) is 0.548. The van der Waals surface area contributed by atoms with Crippen molar-refractivity contribution in [1.29, 1.82) is 0 Å². The maximum Gasteiger partial charge on any atom is 0.345 e. The van der Waals surface area contributed by atoms with Crippen LogP contribution in [0.25, 0.3) is 0 Å². The first kappa shape index (κ1) is 22.8. The van der Waals surface area contributed by atoms with Gasteiger partial charge in [-0.05, 0) is 37.6 Å². The number of phenolic OH excluding ortho intramolecular Hbond substituents is 1. The molecule has 0 spiro atoms. The summed E-state index contributed by atoms with van der Waals surface area (Å²) >= 11 is 0. The smallest absolute Gasteiger partial charge is 0.345 e. The molecule has 1 atom stereocenters. The summed E-state index contributed by atoms with van der Waals surface area (Å²) in [5.41, 5.74) is 0.216. The topological polar surface area (TPSA) is 146 Å². The van der Waals surface area contributed by atoms with Gasteiger partial charge in [0.25, 0.3) is 5.91 Å². The van der Waals surface area contributed by atoms with Crippen LogP contribution in [0.3, 0.4) is 0 Å². The minimum absolute atomic E-state index is 0.0137. The molecule has 33 heavy (non-hydrogen) atoms. The number of amidine groups is 2. The Bertz CT molecular complexity index is 1210. The molecule has 2 aliphatic heterocycles. The molecule has 4 rings (SSSR count). The van der Waals surface area contributed by atoms with Gasteiger partial charge >= 0.3 is 10.2 Å². The van der Waals surface area contributed by atoms with Crippen molar-refractivity contribution >= 4 is 33.5 Å². The van der Waals surface area contributed by atoms with Crippen molar-refractivity contribution in [3.8, 4) is 5.75 Å². The Balaban J connectivity index is 1.62. The number of benzene rings is 1. The van der Waals surface area contributed by atoms with E-state index >= 15 is 0 Å². The number of rotatable bonds is 5. The molecule has 1 aromatic heterocycles. The normalized spacial score (nSPS) is 19.8. The first-order chi connectivity index (χ1) is 15.8. The quantitative estimate of drug-likeness (QED) is 0.561. The van der Waals surface area contributed by atoms with E-state index in [-0.39, 0.29) is 34.6 Å². The number of nitrogens with zero attached hydrogens (tertiary/aromatic N) is 3. The van der Waals surface area contributed by atoms with Gasteiger partial charge < -0.3 is 24.5 Å². The van der Waals surface area contributed by atoms with Crippen LogP contribution in [0.15, 0.2) is 44.1 Å². The number of aliphatic imine (C=N–C) groups is 1. The van der Waals surface area contributed by atoms with E-state index in [0.29, 0.717) is 44.2 Å². The van der Waals surface area contributed by atoms with Crippen LogP contribution < -0.4 is 10.0 Å². The average Bonchev–Trinajstić information content (AvgIpc) is 3.35. The van der Waals surface area contributed by atoms with Gasteiger partial charge in [0.1, 0.15) is 17.6 Å². The molecule has 12 heteroatoms. The predicted octanol–water partition coefficient (Wildman–Crippen LogP) is 1.97. The monoisotopic (exact) mass is 475 g/mol. The van der Waals surface area contributed by atoms with Crippen LogP contribution in [-0.2, 0) is 14.9 Å². The zero-order chi connectivity index (χ0) is 23.6. The summed E-state index contributed by atoms with van der Waals surface area (Å²) < 4.78 is 41.1. The molecule has 0 aliphatic carbocycles. The Kier molecular flexibility index (Phi) is 6.38. The Morgan fingerprint density at radius 1 is 1.30 bits per heavy atom. The van der Waals surface area contributed by atoms with Gasteiger partial charge in [-0.2, -0.15) is 8.42 Å². The molecule has 0 radical (unpaired) electrons. The van der Waals surface area contributed by atoms with Gasteiger partial charge in [0.05, 0.1) is 24.5 Å². The van der Waals surface area contributed by atoms with E-state index in [1.807, 2.05) is 13.8 Å². The van der Waals surface area contributed by atoms with E-state index in [0.717, 1.165) is 0 Å². The highest BCUT2D eigenvalue weighted by Gasteiger charge is 2.30. The first-order valence-electron chi connectivity index (χ1n) is 10.5. The fraction of sp³-hybridized carbons (Fsp3) is 0.381. The second kappa shape index (κ2) is 9.24. The summed E-state index contributed by atoms with van der Waals surface area (Å²) in [6, 6.07) is 7.76.